The van der Waals surface area contributed by atoms with Crippen LogP contribution in [-0.4, -0.2) is 51.1 Å². The molecule has 1 fully saturated rings. The molecule has 1 atom stereocenters. The van der Waals surface area contributed by atoms with Gasteiger partial charge in [-0.2, -0.15) is 4.98 Å². The highest BCUT2D eigenvalue weighted by Crippen LogP contribution is 2.18. The third kappa shape index (κ3) is 5.85. The van der Waals surface area contributed by atoms with Gasteiger partial charge in [-0.1, -0.05) is 18.1 Å². The molecule has 7 nitrogen and oxygen atoms in total. The zero-order valence-electron chi connectivity index (χ0n) is 16.4. The van der Waals surface area contributed by atoms with Crippen LogP contribution in [-0.2, 0) is 11.2 Å². The second kappa shape index (κ2) is 8.61. The molecule has 1 amide bonds. The highest BCUT2D eigenvalue weighted by Gasteiger charge is 2.26. The van der Waals surface area contributed by atoms with Crippen LogP contribution in [0, 0.1) is 5.92 Å². The summed E-state index contributed by atoms with van der Waals surface area (Å²) >= 11 is 0. The molecular weight excluding hydrogens is 342 g/mol. The van der Waals surface area contributed by atoms with Gasteiger partial charge in [-0.15, -0.1) is 0 Å². The third-order valence-corrected chi connectivity index (χ3v) is 4.77. The lowest BCUT2D eigenvalue weighted by molar-refractivity contribution is -0.123. The van der Waals surface area contributed by atoms with E-state index in [1.54, 1.807) is 6.20 Å². The normalized spacial score (nSPS) is 18.4. The Hall–Kier alpha value is -2.28. The number of hydrogen-bond donors (Lipinski definition) is 1. The van der Waals surface area contributed by atoms with Gasteiger partial charge in [0.25, 0.3) is 0 Å². The average Bonchev–Trinajstić information content (AvgIpc) is 3.09. The Kier molecular flexibility index (Phi) is 6.21. The molecule has 2 aromatic rings. The van der Waals surface area contributed by atoms with Crippen LogP contribution >= 0.6 is 0 Å². The maximum absolute atomic E-state index is 12.4. The fourth-order valence-corrected chi connectivity index (χ4v) is 3.64. The topological polar surface area (TPSA) is 84.2 Å². The van der Waals surface area contributed by atoms with Crippen LogP contribution in [0.5, 0.6) is 0 Å². The zero-order chi connectivity index (χ0) is 19.3. The molecule has 0 spiro atoms. The second-order valence-corrected chi connectivity index (χ2v) is 8.14. The van der Waals surface area contributed by atoms with Crippen LogP contribution in [0.4, 0.5) is 0 Å². The molecule has 0 bridgehead atoms. The highest BCUT2D eigenvalue weighted by atomic mass is 16.5. The van der Waals surface area contributed by atoms with Gasteiger partial charge < -0.3 is 14.7 Å². The third-order valence-electron chi connectivity index (χ3n) is 4.77. The number of nitrogens with zero attached hydrogens (tertiary/aromatic N) is 4. The molecule has 1 aliphatic rings. The first-order valence-corrected chi connectivity index (χ1v) is 9.69. The molecule has 1 saturated heterocycles. The SMILES string of the molecule is C[C@H]1CCCN(CC(C)(C)NC(=O)CCc2nc(-c3ccccn3)no2)C1. The van der Waals surface area contributed by atoms with E-state index in [9.17, 15) is 4.79 Å². The van der Waals surface area contributed by atoms with Crippen molar-refractivity contribution in [1.82, 2.24) is 25.3 Å². The minimum atomic E-state index is -0.262. The zero-order valence-corrected chi connectivity index (χ0v) is 16.4. The van der Waals surface area contributed by atoms with Crippen molar-refractivity contribution in [3.05, 3.63) is 30.3 Å². The largest absolute Gasteiger partial charge is 0.350 e. The maximum atomic E-state index is 12.4. The van der Waals surface area contributed by atoms with Crippen LogP contribution in [0.3, 0.4) is 0 Å². The van der Waals surface area contributed by atoms with Gasteiger partial charge >= 0.3 is 0 Å². The van der Waals surface area contributed by atoms with Crippen molar-refractivity contribution in [2.45, 2.75) is 52.0 Å². The van der Waals surface area contributed by atoms with E-state index < -0.39 is 0 Å². The molecule has 3 rings (SSSR count). The Morgan fingerprint density at radius 2 is 2.26 bits per heavy atom. The molecule has 1 aliphatic heterocycles. The molecule has 0 unspecified atom stereocenters. The summed E-state index contributed by atoms with van der Waals surface area (Å²) < 4.78 is 5.24. The van der Waals surface area contributed by atoms with Gasteiger partial charge in [-0.05, 0) is 51.3 Å². The van der Waals surface area contributed by atoms with Crippen LogP contribution in [0.15, 0.2) is 28.9 Å². The molecule has 1 N–H and O–H groups in total. The van der Waals surface area contributed by atoms with E-state index in [2.05, 4.69) is 46.1 Å². The smallest absolute Gasteiger partial charge is 0.227 e. The van der Waals surface area contributed by atoms with Gasteiger partial charge in [0.2, 0.25) is 17.6 Å². The average molecular weight is 371 g/mol. The Morgan fingerprint density at radius 1 is 1.41 bits per heavy atom. The van der Waals surface area contributed by atoms with Crippen molar-refractivity contribution in [2.24, 2.45) is 5.92 Å². The van der Waals surface area contributed by atoms with Gasteiger partial charge in [0.05, 0.1) is 0 Å². The van der Waals surface area contributed by atoms with E-state index in [1.165, 1.54) is 12.8 Å². The first kappa shape index (κ1) is 19.5. The summed E-state index contributed by atoms with van der Waals surface area (Å²) in [5.41, 5.74) is 0.399. The number of carbonyl (C=O) groups is 1. The molecule has 0 aliphatic carbocycles. The number of piperidine rings is 1. The van der Waals surface area contributed by atoms with E-state index in [0.29, 0.717) is 30.3 Å². The fourth-order valence-electron chi connectivity index (χ4n) is 3.64. The monoisotopic (exact) mass is 371 g/mol. The number of nitrogens with one attached hydrogen (secondary N) is 1. The van der Waals surface area contributed by atoms with Gasteiger partial charge in [0.1, 0.15) is 5.69 Å². The summed E-state index contributed by atoms with van der Waals surface area (Å²) in [6, 6.07) is 5.53. The van der Waals surface area contributed by atoms with E-state index in [0.717, 1.165) is 25.6 Å². The number of aryl methyl sites for hydroxylation is 1. The predicted molar refractivity (Wildman–Crippen MR) is 103 cm³/mol. The van der Waals surface area contributed by atoms with Crippen LogP contribution < -0.4 is 5.32 Å². The highest BCUT2D eigenvalue weighted by molar-refractivity contribution is 5.76. The number of amides is 1. The Balaban J connectivity index is 1.47. The molecule has 0 saturated carbocycles. The number of aromatic nitrogens is 3. The van der Waals surface area contributed by atoms with E-state index >= 15 is 0 Å². The Labute approximate surface area is 160 Å². The summed E-state index contributed by atoms with van der Waals surface area (Å²) in [5.74, 6) is 1.64. The minimum absolute atomic E-state index is 0.00245. The quantitative estimate of drug-likeness (QED) is 0.806. The predicted octanol–water partition coefficient (Wildman–Crippen LogP) is 2.69. The van der Waals surface area contributed by atoms with Crippen molar-refractivity contribution >= 4 is 5.91 Å². The summed E-state index contributed by atoms with van der Waals surface area (Å²) in [4.78, 5) is 23.4. The second-order valence-electron chi connectivity index (χ2n) is 8.14. The van der Waals surface area contributed by atoms with Gasteiger partial charge in [0, 0.05) is 37.7 Å². The summed E-state index contributed by atoms with van der Waals surface area (Å²) in [5, 5.41) is 7.08. The number of carbonyl (C=O) groups excluding carboxylic acids is 1. The number of hydrogen-bond acceptors (Lipinski definition) is 6. The van der Waals surface area contributed by atoms with Crippen LogP contribution in [0.2, 0.25) is 0 Å². The summed E-state index contributed by atoms with van der Waals surface area (Å²) in [6.45, 7) is 9.54. The van der Waals surface area contributed by atoms with Crippen molar-refractivity contribution < 1.29 is 9.32 Å². The first-order valence-electron chi connectivity index (χ1n) is 9.69. The molecule has 0 radical (unpaired) electrons. The molecule has 146 valence electrons. The van der Waals surface area contributed by atoms with Gasteiger partial charge in [0.15, 0.2) is 0 Å². The van der Waals surface area contributed by atoms with Gasteiger partial charge in [-0.25, -0.2) is 0 Å². The van der Waals surface area contributed by atoms with Crippen LogP contribution in [0.1, 0.15) is 45.9 Å². The van der Waals surface area contributed by atoms with Gasteiger partial charge in [-0.3, -0.25) is 9.78 Å². The molecule has 0 aromatic carbocycles. The van der Waals surface area contributed by atoms with Crippen molar-refractivity contribution in [3.8, 4) is 11.5 Å². The first-order chi connectivity index (χ1) is 12.9. The van der Waals surface area contributed by atoms with E-state index in [4.69, 9.17) is 4.52 Å². The van der Waals surface area contributed by atoms with Crippen molar-refractivity contribution in [3.63, 3.8) is 0 Å². The standard InChI is InChI=1S/C20H29N5O2/c1-15-7-6-12-25(13-15)14-20(2,3)23-17(26)9-10-18-22-19(24-27-18)16-8-4-5-11-21-16/h4-5,8,11,15H,6-7,9-10,12-14H2,1-3H3,(H,23,26)/t15-/m0/s1. The number of rotatable bonds is 7. The minimum Gasteiger partial charge on any atom is -0.350 e. The summed E-state index contributed by atoms with van der Waals surface area (Å²) in [7, 11) is 0. The van der Waals surface area contributed by atoms with Crippen molar-refractivity contribution in [1.29, 1.82) is 0 Å². The fraction of sp³-hybridized carbons (Fsp3) is 0.600. The lowest BCUT2D eigenvalue weighted by Crippen LogP contribution is -2.53. The number of pyridine rings is 1. The molecule has 27 heavy (non-hydrogen) atoms. The van der Waals surface area contributed by atoms with Crippen LogP contribution in [0.25, 0.3) is 11.5 Å². The summed E-state index contributed by atoms with van der Waals surface area (Å²) in [6.07, 6.45) is 4.96. The molecule has 7 heteroatoms. The lowest BCUT2D eigenvalue weighted by Gasteiger charge is -2.37. The Morgan fingerprint density at radius 3 is 3.00 bits per heavy atom. The van der Waals surface area contributed by atoms with E-state index in [-0.39, 0.29) is 11.4 Å². The van der Waals surface area contributed by atoms with Crippen molar-refractivity contribution in [2.75, 3.05) is 19.6 Å². The maximum Gasteiger partial charge on any atom is 0.227 e. The molecule has 3 heterocycles. The lowest BCUT2D eigenvalue weighted by atomic mass is 9.97. The number of likely N-dealkylation sites (tertiary alicyclic amines) is 1. The molecule has 2 aromatic heterocycles. The Bertz CT molecular complexity index is 744. The molecular formula is C20H29N5O2. The van der Waals surface area contributed by atoms with E-state index in [1.807, 2.05) is 18.2 Å².